The molecule has 3 aliphatic rings. The fraction of sp³-hybridized carbons (Fsp3) is 0.733. The fourth-order valence-electron chi connectivity index (χ4n) is 3.86. The molecule has 3 saturated heterocycles. The van der Waals surface area contributed by atoms with Gasteiger partial charge in [-0.3, -0.25) is 0 Å². The van der Waals surface area contributed by atoms with Crippen LogP contribution in [0.4, 0.5) is 13.2 Å². The normalized spacial score (nSPS) is 29.2. The van der Waals surface area contributed by atoms with Gasteiger partial charge in [0.2, 0.25) is 0 Å². The van der Waals surface area contributed by atoms with Gasteiger partial charge in [-0.2, -0.15) is 21.9 Å². The number of thioether (sulfide) groups is 1. The van der Waals surface area contributed by atoms with E-state index in [4.69, 9.17) is 9.47 Å². The van der Waals surface area contributed by atoms with Crippen molar-refractivity contribution in [3.8, 4) is 0 Å². The summed E-state index contributed by atoms with van der Waals surface area (Å²) in [5, 5.41) is 0.662. The van der Waals surface area contributed by atoms with E-state index in [1.54, 1.807) is 0 Å². The minimum Gasteiger partial charge on any atom is -0.400 e. The average Bonchev–Trinajstić information content (AvgIpc) is 3.25. The smallest absolute Gasteiger partial charge is 0.400 e. The third-order valence-corrected chi connectivity index (χ3v) is 6.83. The highest BCUT2D eigenvalue weighted by Gasteiger charge is 2.59. The van der Waals surface area contributed by atoms with E-state index in [0.717, 1.165) is 17.4 Å². The number of rotatable bonds is 5. The van der Waals surface area contributed by atoms with Crippen LogP contribution in [0.2, 0.25) is 0 Å². The van der Waals surface area contributed by atoms with Gasteiger partial charge in [-0.25, -0.2) is 14.5 Å². The highest BCUT2D eigenvalue weighted by atomic mass is 32.2. The number of hydrogen-bond donors (Lipinski definition) is 0. The highest BCUT2D eigenvalue weighted by molar-refractivity contribution is 7.99. The second kappa shape index (κ2) is 6.89. The van der Waals surface area contributed by atoms with E-state index in [9.17, 15) is 22.8 Å². The molecule has 1 spiro atoms. The molecule has 3 fully saturated rings. The van der Waals surface area contributed by atoms with E-state index in [0.29, 0.717) is 36.7 Å². The van der Waals surface area contributed by atoms with Crippen molar-refractivity contribution in [3.05, 3.63) is 5.69 Å². The lowest BCUT2D eigenvalue weighted by Gasteiger charge is -2.37. The van der Waals surface area contributed by atoms with E-state index in [1.807, 2.05) is 4.90 Å². The summed E-state index contributed by atoms with van der Waals surface area (Å²) in [6.45, 7) is 1.09. The van der Waals surface area contributed by atoms with Gasteiger partial charge in [0.05, 0.1) is 17.4 Å². The molecule has 0 radical (unpaired) electrons. The van der Waals surface area contributed by atoms with Crippen LogP contribution in [-0.4, -0.2) is 56.5 Å². The van der Waals surface area contributed by atoms with Crippen molar-refractivity contribution >= 4 is 35.4 Å². The number of ether oxygens (including phenoxy) is 2. The zero-order valence-corrected chi connectivity index (χ0v) is 15.7. The Morgan fingerprint density at radius 2 is 1.96 bits per heavy atom. The maximum Gasteiger partial charge on any atom is 0.421 e. The van der Waals surface area contributed by atoms with Gasteiger partial charge in [0.25, 0.3) is 0 Å². The first-order valence-electron chi connectivity index (χ1n) is 8.51. The summed E-state index contributed by atoms with van der Waals surface area (Å²) in [7, 11) is 0. The Kier molecular flexibility index (Phi) is 4.83. The van der Waals surface area contributed by atoms with Crippen LogP contribution in [0.1, 0.15) is 37.3 Å². The molecule has 7 nitrogen and oxygen atoms in total. The molecule has 1 aromatic heterocycles. The predicted molar refractivity (Wildman–Crippen MR) is 87.9 cm³/mol. The van der Waals surface area contributed by atoms with Crippen LogP contribution in [0, 0.1) is 5.92 Å². The van der Waals surface area contributed by atoms with Crippen LogP contribution < -0.4 is 0 Å². The van der Waals surface area contributed by atoms with E-state index in [2.05, 4.69) is 8.75 Å². The van der Waals surface area contributed by atoms with Crippen molar-refractivity contribution in [3.63, 3.8) is 0 Å². The van der Waals surface area contributed by atoms with E-state index < -0.39 is 30.4 Å². The topological polar surface area (TPSA) is 81.6 Å². The summed E-state index contributed by atoms with van der Waals surface area (Å²) in [4.78, 5) is 24.8. The standard InChI is InChI=1S/C15H16F3N3O4S2/c16-14(17,18)3-1-5-26-11-10(19-27-20-11)9-7-21-6-8(9)2-4-15(21)24-12(22)13(23)25-15/h8-9H,1-7H2/t8-,9-/m0/s1. The van der Waals surface area contributed by atoms with Crippen molar-refractivity contribution in [2.24, 2.45) is 5.92 Å². The Morgan fingerprint density at radius 3 is 2.67 bits per heavy atom. The summed E-state index contributed by atoms with van der Waals surface area (Å²) < 4.78 is 55.9. The number of fused-ring (bicyclic) bond motifs is 3. The summed E-state index contributed by atoms with van der Waals surface area (Å²) >= 11 is 2.33. The number of nitrogens with zero attached hydrogens (tertiary/aromatic N) is 3. The van der Waals surface area contributed by atoms with Crippen molar-refractivity contribution in [1.29, 1.82) is 0 Å². The van der Waals surface area contributed by atoms with Crippen LogP contribution in [0.5, 0.6) is 0 Å². The predicted octanol–water partition coefficient (Wildman–Crippen LogP) is 2.54. The zero-order valence-electron chi connectivity index (χ0n) is 14.0. The quantitative estimate of drug-likeness (QED) is 0.309. The molecule has 148 valence electrons. The Hall–Kier alpha value is -1.40. The molecule has 0 amide bonds. The Morgan fingerprint density at radius 1 is 1.22 bits per heavy atom. The van der Waals surface area contributed by atoms with Gasteiger partial charge >= 0.3 is 24.0 Å². The number of carbonyl (C=O) groups excluding carboxylic acids is 2. The van der Waals surface area contributed by atoms with Gasteiger partial charge in [0.15, 0.2) is 0 Å². The molecular formula is C15H16F3N3O4S2. The van der Waals surface area contributed by atoms with Crippen molar-refractivity contribution < 1.29 is 32.2 Å². The van der Waals surface area contributed by atoms with Crippen LogP contribution in [-0.2, 0) is 19.1 Å². The number of esters is 2. The van der Waals surface area contributed by atoms with E-state index in [1.165, 1.54) is 11.8 Å². The molecular weight excluding hydrogens is 407 g/mol. The maximum atomic E-state index is 12.3. The van der Waals surface area contributed by atoms with Crippen molar-refractivity contribution in [1.82, 2.24) is 13.6 Å². The first-order chi connectivity index (χ1) is 12.8. The highest BCUT2D eigenvalue weighted by Crippen LogP contribution is 2.48. The molecule has 0 N–H and O–H groups in total. The van der Waals surface area contributed by atoms with Crippen molar-refractivity contribution in [2.75, 3.05) is 18.8 Å². The van der Waals surface area contributed by atoms with Gasteiger partial charge < -0.3 is 9.47 Å². The Bertz CT molecular complexity index is 741. The maximum absolute atomic E-state index is 12.3. The molecule has 1 aromatic rings. The lowest BCUT2D eigenvalue weighted by atomic mass is 9.88. The molecule has 3 aliphatic heterocycles. The summed E-state index contributed by atoms with van der Waals surface area (Å²) in [5.74, 6) is -2.69. The molecule has 27 heavy (non-hydrogen) atoms. The van der Waals surface area contributed by atoms with Gasteiger partial charge in [0, 0.05) is 31.8 Å². The second-order valence-corrected chi connectivity index (χ2v) is 8.44. The minimum absolute atomic E-state index is 0.0197. The molecule has 2 bridgehead atoms. The minimum atomic E-state index is -4.15. The summed E-state index contributed by atoms with van der Waals surface area (Å²) in [5.41, 5.74) is 0.775. The van der Waals surface area contributed by atoms with Crippen LogP contribution in [0.25, 0.3) is 0 Å². The van der Waals surface area contributed by atoms with Crippen LogP contribution in [0.3, 0.4) is 0 Å². The Balaban J connectivity index is 1.42. The molecule has 0 aromatic carbocycles. The molecule has 0 aliphatic carbocycles. The van der Waals surface area contributed by atoms with Gasteiger partial charge in [0.1, 0.15) is 5.03 Å². The summed E-state index contributed by atoms with van der Waals surface area (Å²) in [6, 6.07) is 0. The Labute approximate surface area is 160 Å². The number of hydrogen-bond acceptors (Lipinski definition) is 9. The van der Waals surface area contributed by atoms with Crippen LogP contribution in [0.15, 0.2) is 5.03 Å². The molecule has 4 rings (SSSR count). The zero-order chi connectivity index (χ0) is 19.2. The second-order valence-electron chi connectivity index (χ2n) is 6.82. The first kappa shape index (κ1) is 18.9. The molecule has 4 heterocycles. The molecule has 0 saturated carbocycles. The number of alkyl halides is 3. The number of carbonyl (C=O) groups is 2. The van der Waals surface area contributed by atoms with Crippen LogP contribution >= 0.6 is 23.5 Å². The number of halogens is 3. The SMILES string of the molecule is O=C1OC2(CC[C@H]3CN2C[C@@H]3c2nsnc2SCCCC(F)(F)F)OC1=O. The van der Waals surface area contributed by atoms with Gasteiger partial charge in [-0.05, 0) is 24.5 Å². The number of piperidine rings is 1. The van der Waals surface area contributed by atoms with Gasteiger partial charge in [-0.15, -0.1) is 11.8 Å². The van der Waals surface area contributed by atoms with Crippen molar-refractivity contribution in [2.45, 2.75) is 48.7 Å². The monoisotopic (exact) mass is 423 g/mol. The molecule has 12 heteroatoms. The molecule has 3 atom stereocenters. The third kappa shape index (κ3) is 3.66. The third-order valence-electron chi connectivity index (χ3n) is 5.10. The first-order valence-corrected chi connectivity index (χ1v) is 10.2. The summed E-state index contributed by atoms with van der Waals surface area (Å²) in [6.07, 6.45) is -3.84. The van der Waals surface area contributed by atoms with Gasteiger partial charge in [-0.1, -0.05) is 0 Å². The molecule has 1 unspecified atom stereocenters. The number of aromatic nitrogens is 2. The average molecular weight is 423 g/mol. The van der Waals surface area contributed by atoms with E-state index in [-0.39, 0.29) is 18.3 Å². The largest absolute Gasteiger partial charge is 0.421 e. The fourth-order valence-corrected chi connectivity index (χ4v) is 5.57. The lowest BCUT2D eigenvalue weighted by molar-refractivity contribution is -0.257. The van der Waals surface area contributed by atoms with E-state index >= 15 is 0 Å². The lowest BCUT2D eigenvalue weighted by Crippen LogP contribution is -2.51.